The van der Waals surface area contributed by atoms with Gasteiger partial charge in [0, 0.05) is 49.3 Å². The maximum atomic E-state index is 13.1. The SMILES string of the molecule is O=C1CC[C@]2(CCCN(C(=O)c3ccc(-n4cnnc4)cc3)C2)CN1CCO. The van der Waals surface area contributed by atoms with Crippen LogP contribution in [0.1, 0.15) is 36.0 Å². The Bertz CT molecular complexity index is 836. The van der Waals surface area contributed by atoms with Crippen LogP contribution in [-0.2, 0) is 4.79 Å². The summed E-state index contributed by atoms with van der Waals surface area (Å²) in [5.74, 6) is 0.132. The summed E-state index contributed by atoms with van der Waals surface area (Å²) in [4.78, 5) is 28.8. The molecule has 0 unspecified atom stereocenters. The Labute approximate surface area is 163 Å². The Morgan fingerprint density at radius 3 is 2.57 bits per heavy atom. The van der Waals surface area contributed by atoms with Crippen LogP contribution < -0.4 is 0 Å². The lowest BCUT2D eigenvalue weighted by molar-refractivity contribution is -0.139. The number of aliphatic hydroxyl groups excluding tert-OH is 1. The molecule has 2 aliphatic heterocycles. The summed E-state index contributed by atoms with van der Waals surface area (Å²) < 4.78 is 1.79. The number of piperidine rings is 2. The Hall–Kier alpha value is -2.74. The van der Waals surface area contributed by atoms with E-state index < -0.39 is 0 Å². The molecule has 2 aromatic rings. The van der Waals surface area contributed by atoms with Crippen molar-refractivity contribution in [2.24, 2.45) is 5.41 Å². The van der Waals surface area contributed by atoms with Gasteiger partial charge in [0.2, 0.25) is 5.91 Å². The molecular weight excluding hydrogens is 358 g/mol. The number of carbonyl (C=O) groups is 2. The van der Waals surface area contributed by atoms with E-state index in [4.69, 9.17) is 0 Å². The molecule has 2 fully saturated rings. The molecule has 8 nitrogen and oxygen atoms in total. The maximum Gasteiger partial charge on any atom is 0.253 e. The first-order valence-corrected chi connectivity index (χ1v) is 9.73. The number of amides is 2. The molecule has 0 bridgehead atoms. The number of rotatable bonds is 4. The van der Waals surface area contributed by atoms with E-state index in [-0.39, 0.29) is 23.8 Å². The lowest BCUT2D eigenvalue weighted by Gasteiger charge is -2.48. The topological polar surface area (TPSA) is 91.6 Å². The third kappa shape index (κ3) is 3.64. The first kappa shape index (κ1) is 18.6. The van der Waals surface area contributed by atoms with Crippen LogP contribution in [0.25, 0.3) is 5.69 Å². The van der Waals surface area contributed by atoms with Gasteiger partial charge in [0.05, 0.1) is 6.61 Å². The summed E-state index contributed by atoms with van der Waals surface area (Å²) in [6, 6.07) is 7.44. The zero-order valence-electron chi connectivity index (χ0n) is 15.8. The summed E-state index contributed by atoms with van der Waals surface area (Å²) in [6.45, 7) is 2.38. The van der Waals surface area contributed by atoms with Crippen LogP contribution in [-0.4, -0.2) is 74.3 Å². The molecule has 0 radical (unpaired) electrons. The molecule has 2 saturated heterocycles. The van der Waals surface area contributed by atoms with Crippen molar-refractivity contribution in [3.05, 3.63) is 42.5 Å². The first-order chi connectivity index (χ1) is 13.6. The zero-order valence-corrected chi connectivity index (χ0v) is 15.8. The average Bonchev–Trinajstić information content (AvgIpc) is 3.26. The fourth-order valence-electron chi connectivity index (χ4n) is 4.43. The van der Waals surface area contributed by atoms with Gasteiger partial charge in [-0.15, -0.1) is 10.2 Å². The first-order valence-electron chi connectivity index (χ1n) is 9.73. The summed E-state index contributed by atoms with van der Waals surface area (Å²) in [6.07, 6.45) is 6.49. The van der Waals surface area contributed by atoms with Crippen LogP contribution in [0.15, 0.2) is 36.9 Å². The fraction of sp³-hybridized carbons (Fsp3) is 0.500. The molecule has 2 aliphatic rings. The van der Waals surface area contributed by atoms with Crippen molar-refractivity contribution in [3.8, 4) is 5.69 Å². The van der Waals surface area contributed by atoms with E-state index in [1.807, 2.05) is 29.2 Å². The largest absolute Gasteiger partial charge is 0.395 e. The van der Waals surface area contributed by atoms with Crippen molar-refractivity contribution in [3.63, 3.8) is 0 Å². The Morgan fingerprint density at radius 2 is 1.86 bits per heavy atom. The molecule has 148 valence electrons. The van der Waals surface area contributed by atoms with Gasteiger partial charge in [0.15, 0.2) is 0 Å². The molecule has 4 rings (SSSR count). The second-order valence-corrected chi connectivity index (χ2v) is 7.79. The van der Waals surface area contributed by atoms with E-state index >= 15 is 0 Å². The van der Waals surface area contributed by atoms with E-state index in [1.54, 1.807) is 22.1 Å². The number of benzene rings is 1. The Morgan fingerprint density at radius 1 is 1.11 bits per heavy atom. The number of carbonyl (C=O) groups excluding carboxylic acids is 2. The van der Waals surface area contributed by atoms with Crippen LogP contribution in [0.3, 0.4) is 0 Å². The lowest BCUT2D eigenvalue weighted by Crippen LogP contribution is -2.55. The van der Waals surface area contributed by atoms with Gasteiger partial charge in [0.25, 0.3) is 5.91 Å². The monoisotopic (exact) mass is 383 g/mol. The van der Waals surface area contributed by atoms with E-state index in [2.05, 4.69) is 10.2 Å². The number of hydrogen-bond acceptors (Lipinski definition) is 5. The Kier molecular flexibility index (Phi) is 5.13. The highest BCUT2D eigenvalue weighted by atomic mass is 16.3. The zero-order chi connectivity index (χ0) is 19.6. The van der Waals surface area contributed by atoms with Crippen molar-refractivity contribution in [1.82, 2.24) is 24.6 Å². The minimum Gasteiger partial charge on any atom is -0.395 e. The molecule has 1 aromatic heterocycles. The van der Waals surface area contributed by atoms with E-state index in [9.17, 15) is 14.7 Å². The number of aromatic nitrogens is 3. The molecular formula is C20H25N5O3. The van der Waals surface area contributed by atoms with Gasteiger partial charge < -0.3 is 14.9 Å². The molecule has 0 aliphatic carbocycles. The van der Waals surface area contributed by atoms with Gasteiger partial charge in [-0.25, -0.2) is 0 Å². The van der Waals surface area contributed by atoms with Gasteiger partial charge in [0.1, 0.15) is 12.7 Å². The molecule has 1 aromatic carbocycles. The fourth-order valence-corrected chi connectivity index (χ4v) is 4.43. The van der Waals surface area contributed by atoms with Gasteiger partial charge >= 0.3 is 0 Å². The quantitative estimate of drug-likeness (QED) is 0.854. The van der Waals surface area contributed by atoms with Crippen molar-refractivity contribution < 1.29 is 14.7 Å². The number of hydrogen-bond donors (Lipinski definition) is 1. The third-order valence-corrected chi connectivity index (χ3v) is 5.90. The minimum absolute atomic E-state index is 0.0246. The standard InChI is InChI=1S/C20H25N5O3/c26-11-10-23-12-20(8-6-18(23)27)7-1-9-24(13-20)19(28)16-2-4-17(5-3-16)25-14-21-22-15-25/h2-5,14-15,26H,1,6-13H2/t20-/m1/s1. The van der Waals surface area contributed by atoms with Crippen molar-refractivity contribution >= 4 is 11.8 Å². The molecule has 3 heterocycles. The predicted molar refractivity (Wildman–Crippen MR) is 102 cm³/mol. The van der Waals surface area contributed by atoms with Gasteiger partial charge in [-0.3, -0.25) is 14.2 Å². The molecule has 28 heavy (non-hydrogen) atoms. The number of nitrogens with zero attached hydrogens (tertiary/aromatic N) is 5. The number of likely N-dealkylation sites (tertiary alicyclic amines) is 2. The maximum absolute atomic E-state index is 13.1. The van der Waals surface area contributed by atoms with Crippen molar-refractivity contribution in [1.29, 1.82) is 0 Å². The summed E-state index contributed by atoms with van der Waals surface area (Å²) in [7, 11) is 0. The molecule has 1 atom stereocenters. The predicted octanol–water partition coefficient (Wildman–Crippen LogP) is 1.10. The minimum atomic E-state index is -0.0561. The normalized spacial score (nSPS) is 22.7. The number of aliphatic hydroxyl groups is 1. The van der Waals surface area contributed by atoms with Crippen LogP contribution in [0.5, 0.6) is 0 Å². The van der Waals surface area contributed by atoms with Crippen LogP contribution >= 0.6 is 0 Å². The number of β-amino-alcohol motifs (C(OH)–C–C–N with tert-alkyl or cyclic N) is 1. The van der Waals surface area contributed by atoms with Gasteiger partial charge in [-0.2, -0.15) is 0 Å². The highest BCUT2D eigenvalue weighted by Gasteiger charge is 2.42. The van der Waals surface area contributed by atoms with Crippen molar-refractivity contribution in [2.45, 2.75) is 25.7 Å². The molecule has 2 amide bonds. The molecule has 1 spiro atoms. The van der Waals surface area contributed by atoms with Gasteiger partial charge in [-0.1, -0.05) is 0 Å². The van der Waals surface area contributed by atoms with Crippen molar-refractivity contribution in [2.75, 3.05) is 32.8 Å². The Balaban J connectivity index is 1.47. The second-order valence-electron chi connectivity index (χ2n) is 7.79. The van der Waals surface area contributed by atoms with Crippen LogP contribution in [0.2, 0.25) is 0 Å². The summed E-state index contributed by atoms with van der Waals surface area (Å²) in [5, 5.41) is 16.8. The summed E-state index contributed by atoms with van der Waals surface area (Å²) in [5.41, 5.74) is 1.51. The van der Waals surface area contributed by atoms with Crippen LogP contribution in [0.4, 0.5) is 0 Å². The third-order valence-electron chi connectivity index (χ3n) is 5.90. The van der Waals surface area contributed by atoms with Gasteiger partial charge in [-0.05, 0) is 43.5 Å². The van der Waals surface area contributed by atoms with E-state index in [0.717, 1.165) is 31.5 Å². The second kappa shape index (κ2) is 7.71. The lowest BCUT2D eigenvalue weighted by atomic mass is 9.73. The molecule has 1 N–H and O–H groups in total. The smallest absolute Gasteiger partial charge is 0.253 e. The highest BCUT2D eigenvalue weighted by Crippen LogP contribution is 2.39. The molecule has 0 saturated carbocycles. The average molecular weight is 383 g/mol. The van der Waals surface area contributed by atoms with E-state index in [0.29, 0.717) is 31.6 Å². The molecule has 8 heteroatoms. The van der Waals surface area contributed by atoms with Crippen LogP contribution in [0, 0.1) is 5.41 Å². The highest BCUT2D eigenvalue weighted by molar-refractivity contribution is 5.94. The van der Waals surface area contributed by atoms with E-state index in [1.165, 1.54) is 0 Å². The summed E-state index contributed by atoms with van der Waals surface area (Å²) >= 11 is 0.